The van der Waals surface area contributed by atoms with Crippen LogP contribution in [0.15, 0.2) is 10.8 Å². The fourth-order valence-electron chi connectivity index (χ4n) is 10.8. The topological polar surface area (TPSA) is 73.8 Å². The molecule has 0 radical (unpaired) electrons. The predicted molar refractivity (Wildman–Crippen MR) is 305 cm³/mol. The van der Waals surface area contributed by atoms with Gasteiger partial charge in [0.15, 0.2) is 34.5 Å². The van der Waals surface area contributed by atoms with E-state index in [9.17, 15) is 0 Å². The van der Waals surface area contributed by atoms with Crippen molar-refractivity contribution in [3.05, 3.63) is 10.8 Å². The first-order chi connectivity index (χ1) is 35.6. The SMILES string of the molecule is CCCCCCCCCCC(CCCCCCCC)COCC1(COCC(CCCCCCCC)CCCCCCCCCC)COc2c(-c3scc4c3OCCO4)sc(-c3scc4c3OCCO4)c2OC1. The maximum atomic E-state index is 7.19. The Balaban J connectivity index is 1.19. The molecule has 3 aliphatic heterocycles. The second-order valence-electron chi connectivity index (χ2n) is 21.8. The zero-order valence-corrected chi connectivity index (χ0v) is 48.4. The van der Waals surface area contributed by atoms with Crippen molar-refractivity contribution in [1.82, 2.24) is 0 Å². The second-order valence-corrected chi connectivity index (χ2v) is 24.6. The second kappa shape index (κ2) is 35.2. The van der Waals surface area contributed by atoms with Crippen LogP contribution in [0.3, 0.4) is 0 Å². The van der Waals surface area contributed by atoms with Gasteiger partial charge in [0.05, 0.1) is 38.1 Å². The molecule has 410 valence electrons. The smallest absolute Gasteiger partial charge is 0.181 e. The molecular formula is C61H100O8S3. The van der Waals surface area contributed by atoms with Crippen molar-refractivity contribution in [3.63, 3.8) is 0 Å². The summed E-state index contributed by atoms with van der Waals surface area (Å²) in [5, 5.41) is 4.13. The molecule has 0 amide bonds. The van der Waals surface area contributed by atoms with E-state index in [1.54, 1.807) is 34.0 Å². The lowest BCUT2D eigenvalue weighted by Gasteiger charge is -2.32. The molecule has 2 atom stereocenters. The predicted octanol–water partition coefficient (Wildman–Crippen LogP) is 19.3. The number of fused-ring (bicyclic) bond motifs is 3. The molecule has 3 aliphatic rings. The molecule has 0 spiro atoms. The Morgan fingerprint density at radius 1 is 0.389 bits per heavy atom. The van der Waals surface area contributed by atoms with Gasteiger partial charge in [0, 0.05) is 24.0 Å². The Labute approximate surface area is 450 Å². The minimum absolute atomic E-state index is 0.441. The quantitative estimate of drug-likeness (QED) is 0.0520. The van der Waals surface area contributed by atoms with Gasteiger partial charge in [0.25, 0.3) is 0 Å². The molecule has 0 saturated carbocycles. The molecule has 11 heteroatoms. The number of rotatable bonds is 42. The highest BCUT2D eigenvalue weighted by Crippen LogP contribution is 2.61. The van der Waals surface area contributed by atoms with Gasteiger partial charge in [-0.15, -0.1) is 34.0 Å². The van der Waals surface area contributed by atoms with Crippen molar-refractivity contribution >= 4 is 34.0 Å². The molecule has 72 heavy (non-hydrogen) atoms. The normalized spacial score (nSPS) is 15.7. The average molecular weight is 1060 g/mol. The van der Waals surface area contributed by atoms with E-state index in [0.29, 0.717) is 64.7 Å². The summed E-state index contributed by atoms with van der Waals surface area (Å²) >= 11 is 4.97. The van der Waals surface area contributed by atoms with Crippen LogP contribution in [0.2, 0.25) is 0 Å². The van der Waals surface area contributed by atoms with Crippen LogP contribution >= 0.6 is 34.0 Å². The van der Waals surface area contributed by atoms with Crippen LogP contribution in [0.4, 0.5) is 0 Å². The van der Waals surface area contributed by atoms with Gasteiger partial charge in [0.1, 0.15) is 39.6 Å². The van der Waals surface area contributed by atoms with E-state index < -0.39 is 5.41 Å². The molecule has 3 aromatic heterocycles. The number of ether oxygens (including phenoxy) is 8. The molecule has 0 saturated heterocycles. The van der Waals surface area contributed by atoms with Crippen LogP contribution in [-0.4, -0.2) is 66.1 Å². The van der Waals surface area contributed by atoms with Crippen LogP contribution in [0.1, 0.15) is 233 Å². The fourth-order valence-corrected chi connectivity index (χ4v) is 14.1. The van der Waals surface area contributed by atoms with E-state index in [1.165, 1.54) is 205 Å². The van der Waals surface area contributed by atoms with Crippen LogP contribution < -0.4 is 28.4 Å². The van der Waals surface area contributed by atoms with Crippen molar-refractivity contribution in [2.45, 2.75) is 233 Å². The molecule has 0 aliphatic carbocycles. The first-order valence-electron chi connectivity index (χ1n) is 29.9. The summed E-state index contributed by atoms with van der Waals surface area (Å²) in [5.41, 5.74) is -0.499. The molecule has 0 fully saturated rings. The van der Waals surface area contributed by atoms with Crippen molar-refractivity contribution in [2.75, 3.05) is 66.1 Å². The third-order valence-corrected chi connectivity index (χ3v) is 18.6. The van der Waals surface area contributed by atoms with Gasteiger partial charge in [-0.2, -0.15) is 0 Å². The van der Waals surface area contributed by atoms with Gasteiger partial charge in [-0.25, -0.2) is 0 Å². The van der Waals surface area contributed by atoms with Crippen molar-refractivity contribution in [1.29, 1.82) is 0 Å². The summed E-state index contributed by atoms with van der Waals surface area (Å²) in [6, 6.07) is 0. The van der Waals surface area contributed by atoms with Crippen LogP contribution in [0, 0.1) is 17.3 Å². The van der Waals surface area contributed by atoms with Crippen LogP contribution in [-0.2, 0) is 9.47 Å². The monoisotopic (exact) mass is 1060 g/mol. The van der Waals surface area contributed by atoms with Gasteiger partial charge < -0.3 is 37.9 Å². The van der Waals surface area contributed by atoms with E-state index in [1.807, 2.05) is 0 Å². The minimum Gasteiger partial charge on any atom is -0.487 e. The molecule has 0 bridgehead atoms. The first kappa shape index (κ1) is 59.1. The summed E-state index contributed by atoms with van der Waals surface area (Å²) < 4.78 is 53.2. The van der Waals surface area contributed by atoms with E-state index in [4.69, 9.17) is 37.9 Å². The largest absolute Gasteiger partial charge is 0.487 e. The highest BCUT2D eigenvalue weighted by molar-refractivity contribution is 7.27. The molecule has 8 nitrogen and oxygen atoms in total. The molecule has 2 unspecified atom stereocenters. The lowest BCUT2D eigenvalue weighted by atomic mass is 9.91. The summed E-state index contributed by atoms with van der Waals surface area (Å²) in [6.07, 6.45) is 42.6. The van der Waals surface area contributed by atoms with E-state index in [-0.39, 0.29) is 0 Å². The summed E-state index contributed by atoms with van der Waals surface area (Å²) in [6.45, 7) is 14.9. The minimum atomic E-state index is -0.499. The van der Waals surface area contributed by atoms with Crippen molar-refractivity contribution in [3.8, 4) is 54.0 Å². The summed E-state index contributed by atoms with van der Waals surface area (Å²) in [7, 11) is 0. The average Bonchev–Trinajstić information content (AvgIpc) is 4.10. The lowest BCUT2D eigenvalue weighted by Crippen LogP contribution is -2.43. The summed E-state index contributed by atoms with van der Waals surface area (Å²) in [4.78, 5) is 4.03. The number of hydrogen-bond acceptors (Lipinski definition) is 11. The highest BCUT2D eigenvalue weighted by Gasteiger charge is 2.41. The number of unbranched alkanes of at least 4 members (excludes halogenated alkanes) is 24. The molecule has 6 heterocycles. The standard InChI is InChI=1S/C61H100O8S3/c1-5-9-13-17-21-23-27-31-35-49(33-29-25-19-15-11-7-3)41-62-45-61(46-63-42-50(34-30-26-20-16-12-8-4)36-32-28-24-22-18-14-10-6-2)47-68-55-56(69-48-61)60(58-54-52(44-71-58)65-38-40-67-54)72-59(55)57-53-51(43-70-57)64-37-39-66-53/h43-44,49-50H,5-42,45-48H2,1-4H3. The van der Waals surface area contributed by atoms with Gasteiger partial charge in [0.2, 0.25) is 0 Å². The summed E-state index contributed by atoms with van der Waals surface area (Å²) in [5.74, 6) is 5.84. The van der Waals surface area contributed by atoms with Crippen LogP contribution in [0.5, 0.6) is 34.5 Å². The Hall–Kier alpha value is -2.18. The molecular weight excluding hydrogens is 957 g/mol. The molecule has 0 aromatic carbocycles. The first-order valence-corrected chi connectivity index (χ1v) is 32.5. The molecule has 0 N–H and O–H groups in total. The fraction of sp³-hybridized carbons (Fsp3) is 0.803. The van der Waals surface area contributed by atoms with E-state index in [2.05, 4.69) is 38.5 Å². The molecule has 3 aromatic rings. The highest BCUT2D eigenvalue weighted by atomic mass is 32.1. The maximum absolute atomic E-state index is 7.19. The van der Waals surface area contributed by atoms with Crippen molar-refractivity contribution in [2.24, 2.45) is 17.3 Å². The number of hydrogen-bond donors (Lipinski definition) is 0. The third kappa shape index (κ3) is 19.8. The van der Waals surface area contributed by atoms with Gasteiger partial charge in [-0.05, 0) is 37.5 Å². The van der Waals surface area contributed by atoms with E-state index in [0.717, 1.165) is 67.2 Å². The Morgan fingerprint density at radius 3 is 1.06 bits per heavy atom. The zero-order chi connectivity index (χ0) is 50.3. The zero-order valence-electron chi connectivity index (χ0n) is 46.0. The Kier molecular flexibility index (Phi) is 28.9. The maximum Gasteiger partial charge on any atom is 0.181 e. The van der Waals surface area contributed by atoms with Gasteiger partial charge in [-0.1, -0.05) is 207 Å². The molecule has 6 rings (SSSR count). The van der Waals surface area contributed by atoms with Gasteiger partial charge in [-0.3, -0.25) is 0 Å². The van der Waals surface area contributed by atoms with E-state index >= 15 is 0 Å². The Morgan fingerprint density at radius 2 is 0.708 bits per heavy atom. The van der Waals surface area contributed by atoms with Crippen LogP contribution in [0.25, 0.3) is 19.5 Å². The van der Waals surface area contributed by atoms with Crippen molar-refractivity contribution < 1.29 is 37.9 Å². The lowest BCUT2D eigenvalue weighted by molar-refractivity contribution is -0.0720. The number of thiophene rings is 3. The Bertz CT molecular complexity index is 1720. The third-order valence-electron chi connectivity index (χ3n) is 15.3. The van der Waals surface area contributed by atoms with Gasteiger partial charge >= 0.3 is 0 Å².